The lowest BCUT2D eigenvalue weighted by Crippen LogP contribution is -2.16. The lowest BCUT2D eigenvalue weighted by atomic mass is 10.0. The molecule has 0 atom stereocenters. The highest BCUT2D eigenvalue weighted by molar-refractivity contribution is 5.69. The molecule has 0 rings (SSSR count). The van der Waals surface area contributed by atoms with Gasteiger partial charge in [0.2, 0.25) is 0 Å². The maximum Gasteiger partial charge on any atom is 0.306 e. The molecule has 2 nitrogen and oxygen atoms in total. The van der Waals surface area contributed by atoms with Gasteiger partial charge in [0.1, 0.15) is 6.10 Å². The molecule has 0 aromatic carbocycles. The van der Waals surface area contributed by atoms with E-state index in [4.69, 9.17) is 4.74 Å². The fraction of sp³-hybridized carbons (Fsp3) is 0.952. The van der Waals surface area contributed by atoms with Crippen LogP contribution in [0.25, 0.3) is 0 Å². The van der Waals surface area contributed by atoms with Crippen molar-refractivity contribution in [1.82, 2.24) is 0 Å². The Morgan fingerprint density at radius 3 is 1.43 bits per heavy atom. The smallest absolute Gasteiger partial charge is 0.306 e. The van der Waals surface area contributed by atoms with Gasteiger partial charge in [-0.05, 0) is 19.3 Å². The fourth-order valence-corrected chi connectivity index (χ4v) is 2.99. The van der Waals surface area contributed by atoms with E-state index in [1.807, 2.05) is 0 Å². The summed E-state index contributed by atoms with van der Waals surface area (Å²) in [5.41, 5.74) is 0. The maximum atomic E-state index is 11.7. The summed E-state index contributed by atoms with van der Waals surface area (Å²) in [5, 5.41) is 0. The molecule has 23 heavy (non-hydrogen) atoms. The summed E-state index contributed by atoms with van der Waals surface area (Å²) >= 11 is 0. The van der Waals surface area contributed by atoms with Gasteiger partial charge in [0.05, 0.1) is 0 Å². The van der Waals surface area contributed by atoms with Crippen LogP contribution in [0.15, 0.2) is 0 Å². The molecule has 0 radical (unpaired) electrons. The first-order valence-electron chi connectivity index (χ1n) is 10.4. The molecule has 0 aliphatic heterocycles. The average Bonchev–Trinajstić information content (AvgIpc) is 2.56. The topological polar surface area (TPSA) is 26.3 Å². The van der Waals surface area contributed by atoms with Crippen molar-refractivity contribution in [3.63, 3.8) is 0 Å². The Morgan fingerprint density at radius 1 is 0.652 bits per heavy atom. The van der Waals surface area contributed by atoms with E-state index >= 15 is 0 Å². The normalized spacial score (nSPS) is 11.1. The third kappa shape index (κ3) is 16.1. The van der Waals surface area contributed by atoms with E-state index in [1.54, 1.807) is 0 Å². The maximum absolute atomic E-state index is 11.7. The Balaban J connectivity index is 3.20. The number of ether oxygens (including phenoxy) is 1. The van der Waals surface area contributed by atoms with Crippen LogP contribution in [0.5, 0.6) is 0 Å². The second kappa shape index (κ2) is 17.8. The van der Waals surface area contributed by atoms with Gasteiger partial charge in [-0.1, -0.05) is 97.8 Å². The van der Waals surface area contributed by atoms with Crippen molar-refractivity contribution < 1.29 is 9.53 Å². The SMILES string of the molecule is CCCCCCCCCCCCCCCC(=O)OC(CC)CC. The van der Waals surface area contributed by atoms with E-state index in [-0.39, 0.29) is 12.1 Å². The van der Waals surface area contributed by atoms with Gasteiger partial charge in [-0.2, -0.15) is 0 Å². The van der Waals surface area contributed by atoms with Crippen LogP contribution in [0.4, 0.5) is 0 Å². The van der Waals surface area contributed by atoms with E-state index < -0.39 is 0 Å². The van der Waals surface area contributed by atoms with Crippen LogP contribution in [0.1, 0.15) is 124 Å². The Morgan fingerprint density at radius 2 is 1.04 bits per heavy atom. The van der Waals surface area contributed by atoms with Crippen LogP contribution in [0.2, 0.25) is 0 Å². The van der Waals surface area contributed by atoms with Crippen molar-refractivity contribution in [2.24, 2.45) is 0 Å². The molecule has 138 valence electrons. The van der Waals surface area contributed by atoms with E-state index in [0.717, 1.165) is 19.3 Å². The molecule has 0 aromatic rings. The predicted molar refractivity (Wildman–Crippen MR) is 101 cm³/mol. The number of unbranched alkanes of at least 4 members (excludes halogenated alkanes) is 12. The van der Waals surface area contributed by atoms with Crippen molar-refractivity contribution in [1.29, 1.82) is 0 Å². The van der Waals surface area contributed by atoms with E-state index in [0.29, 0.717) is 6.42 Å². The molecule has 0 spiro atoms. The minimum absolute atomic E-state index is 0.00164. The van der Waals surface area contributed by atoms with Crippen LogP contribution in [0, 0.1) is 0 Å². The largest absolute Gasteiger partial charge is 0.462 e. The molecule has 0 aliphatic rings. The van der Waals surface area contributed by atoms with E-state index in [9.17, 15) is 4.79 Å². The first-order chi connectivity index (χ1) is 11.2. The number of carbonyl (C=O) groups is 1. The van der Waals surface area contributed by atoms with Gasteiger partial charge in [-0.3, -0.25) is 4.79 Å². The van der Waals surface area contributed by atoms with Gasteiger partial charge >= 0.3 is 5.97 Å². The van der Waals surface area contributed by atoms with Crippen LogP contribution < -0.4 is 0 Å². The standard InChI is InChI=1S/C21H42O2/c1-4-7-8-9-10-11-12-13-14-15-16-17-18-19-21(22)23-20(5-2)6-3/h20H,4-19H2,1-3H3. The quantitative estimate of drug-likeness (QED) is 0.209. The average molecular weight is 327 g/mol. The van der Waals surface area contributed by atoms with Gasteiger partial charge in [-0.15, -0.1) is 0 Å². The number of carbonyl (C=O) groups excluding carboxylic acids is 1. The number of rotatable bonds is 17. The number of hydrogen-bond donors (Lipinski definition) is 0. The molecule has 0 aromatic heterocycles. The summed E-state index contributed by atoms with van der Waals surface area (Å²) in [7, 11) is 0. The zero-order valence-corrected chi connectivity index (χ0v) is 16.2. The monoisotopic (exact) mass is 326 g/mol. The van der Waals surface area contributed by atoms with E-state index in [2.05, 4.69) is 20.8 Å². The van der Waals surface area contributed by atoms with Gasteiger partial charge in [-0.25, -0.2) is 0 Å². The summed E-state index contributed by atoms with van der Waals surface area (Å²) in [6.45, 7) is 6.43. The third-order valence-corrected chi connectivity index (χ3v) is 4.69. The van der Waals surface area contributed by atoms with Gasteiger partial charge in [0.25, 0.3) is 0 Å². The molecule has 2 heteroatoms. The summed E-state index contributed by atoms with van der Waals surface area (Å²) in [5.74, 6) is 0.00164. The van der Waals surface area contributed by atoms with Crippen LogP contribution in [-0.4, -0.2) is 12.1 Å². The van der Waals surface area contributed by atoms with Crippen molar-refractivity contribution in [2.45, 2.75) is 130 Å². The highest BCUT2D eigenvalue weighted by Gasteiger charge is 2.09. The van der Waals surface area contributed by atoms with Gasteiger partial charge in [0, 0.05) is 6.42 Å². The van der Waals surface area contributed by atoms with Gasteiger partial charge in [0.15, 0.2) is 0 Å². The highest BCUT2D eigenvalue weighted by atomic mass is 16.5. The summed E-state index contributed by atoms with van der Waals surface area (Å²) in [6, 6.07) is 0. The van der Waals surface area contributed by atoms with Crippen LogP contribution in [-0.2, 0) is 9.53 Å². The molecule has 0 unspecified atom stereocenters. The van der Waals surface area contributed by atoms with Crippen molar-refractivity contribution >= 4 is 5.97 Å². The van der Waals surface area contributed by atoms with E-state index in [1.165, 1.54) is 77.0 Å². The zero-order valence-electron chi connectivity index (χ0n) is 16.2. The summed E-state index contributed by atoms with van der Waals surface area (Å²) in [6.07, 6.45) is 20.0. The lowest BCUT2D eigenvalue weighted by molar-refractivity contribution is -0.149. The fourth-order valence-electron chi connectivity index (χ4n) is 2.99. The molecule has 0 N–H and O–H groups in total. The van der Waals surface area contributed by atoms with Crippen molar-refractivity contribution in [3.8, 4) is 0 Å². The molecule has 0 heterocycles. The van der Waals surface area contributed by atoms with Gasteiger partial charge < -0.3 is 4.74 Å². The van der Waals surface area contributed by atoms with Crippen molar-refractivity contribution in [3.05, 3.63) is 0 Å². The molecule has 0 fully saturated rings. The predicted octanol–water partition coefficient (Wildman–Crippen LogP) is 7.20. The molecule has 0 aliphatic carbocycles. The third-order valence-electron chi connectivity index (χ3n) is 4.69. The Hall–Kier alpha value is -0.530. The molecule has 0 saturated carbocycles. The Bertz CT molecular complexity index is 246. The van der Waals surface area contributed by atoms with Crippen molar-refractivity contribution in [2.75, 3.05) is 0 Å². The summed E-state index contributed by atoms with van der Waals surface area (Å²) < 4.78 is 5.42. The number of esters is 1. The second-order valence-electron chi connectivity index (χ2n) is 6.92. The molecular weight excluding hydrogens is 284 g/mol. The zero-order chi connectivity index (χ0) is 17.2. The van der Waals surface area contributed by atoms with Crippen LogP contribution in [0.3, 0.4) is 0 Å². The Labute approximate surface area is 145 Å². The summed E-state index contributed by atoms with van der Waals surface area (Å²) in [4.78, 5) is 11.7. The minimum Gasteiger partial charge on any atom is -0.462 e. The second-order valence-corrected chi connectivity index (χ2v) is 6.92. The molecule has 0 bridgehead atoms. The molecule has 0 saturated heterocycles. The Kier molecular flexibility index (Phi) is 17.4. The molecular formula is C21H42O2. The number of hydrogen-bond acceptors (Lipinski definition) is 2. The minimum atomic E-state index is 0.00164. The first-order valence-corrected chi connectivity index (χ1v) is 10.4. The molecule has 0 amide bonds. The van der Waals surface area contributed by atoms with Crippen LogP contribution >= 0.6 is 0 Å². The first kappa shape index (κ1) is 22.5. The highest BCUT2D eigenvalue weighted by Crippen LogP contribution is 2.13. The lowest BCUT2D eigenvalue weighted by Gasteiger charge is -2.13.